The summed E-state index contributed by atoms with van der Waals surface area (Å²) in [7, 11) is 0. The first-order valence-electron chi connectivity index (χ1n) is 4.93. The van der Waals surface area contributed by atoms with Gasteiger partial charge in [0.05, 0.1) is 11.3 Å². The van der Waals surface area contributed by atoms with E-state index in [2.05, 4.69) is 9.97 Å². The second kappa shape index (κ2) is 4.16. The number of hydrogen-bond acceptors (Lipinski definition) is 2. The van der Waals surface area contributed by atoms with Crippen molar-refractivity contribution in [3.8, 4) is 11.3 Å². The fraction of sp³-hybridized carbons (Fsp3) is 0.167. The smallest absolute Gasteiger partial charge is 0.242 e. The van der Waals surface area contributed by atoms with Gasteiger partial charge in [0.1, 0.15) is 6.33 Å². The van der Waals surface area contributed by atoms with Crippen LogP contribution in [-0.4, -0.2) is 9.97 Å². The third-order valence-electron chi connectivity index (χ3n) is 2.31. The topological polar surface area (TPSA) is 25.8 Å². The Morgan fingerprint density at radius 1 is 1.00 bits per heavy atom. The standard InChI is InChI=1S/C12H9F3N2/c1-8-6-11(17-7-16-8)9-2-4-10(5-3-9)12(13,14)15/h2-7H,1H3. The molecule has 0 aliphatic rings. The Labute approximate surface area is 96.2 Å². The number of nitrogens with zero attached hydrogens (tertiary/aromatic N) is 2. The summed E-state index contributed by atoms with van der Waals surface area (Å²) in [4.78, 5) is 7.94. The molecule has 0 aliphatic heterocycles. The largest absolute Gasteiger partial charge is 0.416 e. The van der Waals surface area contributed by atoms with E-state index in [1.165, 1.54) is 18.5 Å². The Hall–Kier alpha value is -1.91. The van der Waals surface area contributed by atoms with Crippen LogP contribution in [0.15, 0.2) is 36.7 Å². The van der Waals surface area contributed by atoms with E-state index in [-0.39, 0.29) is 0 Å². The van der Waals surface area contributed by atoms with E-state index in [4.69, 9.17) is 0 Å². The molecule has 0 bridgehead atoms. The summed E-state index contributed by atoms with van der Waals surface area (Å²) in [5, 5.41) is 0. The van der Waals surface area contributed by atoms with Crippen molar-refractivity contribution in [1.29, 1.82) is 0 Å². The SMILES string of the molecule is Cc1cc(-c2ccc(C(F)(F)F)cc2)ncn1. The van der Waals surface area contributed by atoms with Crippen LogP contribution in [0.25, 0.3) is 11.3 Å². The van der Waals surface area contributed by atoms with Crippen molar-refractivity contribution in [1.82, 2.24) is 9.97 Å². The first kappa shape index (κ1) is 11.6. The Kier molecular flexibility index (Phi) is 2.83. The lowest BCUT2D eigenvalue weighted by molar-refractivity contribution is -0.137. The average molecular weight is 238 g/mol. The molecule has 0 fully saturated rings. The van der Waals surface area contributed by atoms with Crippen LogP contribution < -0.4 is 0 Å². The number of benzene rings is 1. The Morgan fingerprint density at radius 2 is 1.65 bits per heavy atom. The number of hydrogen-bond donors (Lipinski definition) is 0. The number of rotatable bonds is 1. The van der Waals surface area contributed by atoms with Gasteiger partial charge in [0, 0.05) is 11.3 Å². The summed E-state index contributed by atoms with van der Waals surface area (Å²) in [5.74, 6) is 0. The van der Waals surface area contributed by atoms with Gasteiger partial charge in [-0.15, -0.1) is 0 Å². The van der Waals surface area contributed by atoms with Gasteiger partial charge in [0.25, 0.3) is 0 Å². The minimum Gasteiger partial charge on any atom is -0.242 e. The van der Waals surface area contributed by atoms with Gasteiger partial charge in [0.2, 0.25) is 0 Å². The van der Waals surface area contributed by atoms with Gasteiger partial charge in [-0.3, -0.25) is 0 Å². The second-order valence-electron chi connectivity index (χ2n) is 3.62. The lowest BCUT2D eigenvalue weighted by Crippen LogP contribution is -2.04. The average Bonchev–Trinajstić information content (AvgIpc) is 2.28. The van der Waals surface area contributed by atoms with Gasteiger partial charge in [-0.05, 0) is 25.1 Å². The van der Waals surface area contributed by atoms with Gasteiger partial charge in [-0.2, -0.15) is 13.2 Å². The predicted octanol–water partition coefficient (Wildman–Crippen LogP) is 3.47. The molecule has 0 atom stereocenters. The van der Waals surface area contributed by atoms with Gasteiger partial charge >= 0.3 is 6.18 Å². The van der Waals surface area contributed by atoms with Crippen LogP contribution >= 0.6 is 0 Å². The maximum atomic E-state index is 12.4. The first-order valence-corrected chi connectivity index (χ1v) is 4.93. The molecular weight excluding hydrogens is 229 g/mol. The van der Waals surface area contributed by atoms with Gasteiger partial charge < -0.3 is 0 Å². The fourth-order valence-corrected chi connectivity index (χ4v) is 1.44. The second-order valence-corrected chi connectivity index (χ2v) is 3.62. The number of aryl methyl sites for hydroxylation is 1. The van der Waals surface area contributed by atoms with Gasteiger partial charge in [-0.1, -0.05) is 12.1 Å². The summed E-state index contributed by atoms with van der Waals surface area (Å²) in [6.07, 6.45) is -2.91. The summed E-state index contributed by atoms with van der Waals surface area (Å²) in [6, 6.07) is 6.64. The molecule has 2 aromatic rings. The molecule has 88 valence electrons. The first-order chi connectivity index (χ1) is 7.97. The predicted molar refractivity (Wildman–Crippen MR) is 57.2 cm³/mol. The van der Waals surface area contributed by atoms with Crippen molar-refractivity contribution in [2.24, 2.45) is 0 Å². The molecule has 0 saturated heterocycles. The molecule has 0 spiro atoms. The van der Waals surface area contributed by atoms with Crippen LogP contribution in [0.1, 0.15) is 11.3 Å². The van der Waals surface area contributed by atoms with Crippen LogP contribution in [0.2, 0.25) is 0 Å². The normalized spacial score (nSPS) is 11.5. The van der Waals surface area contributed by atoms with Crippen LogP contribution in [0.3, 0.4) is 0 Å². The van der Waals surface area contributed by atoms with Crippen LogP contribution in [0.4, 0.5) is 13.2 Å². The highest BCUT2D eigenvalue weighted by Gasteiger charge is 2.29. The number of aromatic nitrogens is 2. The molecule has 0 aliphatic carbocycles. The quantitative estimate of drug-likeness (QED) is 0.760. The molecule has 17 heavy (non-hydrogen) atoms. The number of alkyl halides is 3. The molecular formula is C12H9F3N2. The molecule has 1 heterocycles. The Bertz CT molecular complexity index is 518. The maximum absolute atomic E-state index is 12.4. The molecule has 1 aromatic heterocycles. The third kappa shape index (κ3) is 2.61. The van der Waals surface area contributed by atoms with Crippen molar-refractivity contribution in [2.45, 2.75) is 13.1 Å². The summed E-state index contributed by atoms with van der Waals surface area (Å²) in [5.41, 5.74) is 1.37. The van der Waals surface area contributed by atoms with E-state index in [0.29, 0.717) is 11.3 Å². The lowest BCUT2D eigenvalue weighted by atomic mass is 10.1. The zero-order valence-corrected chi connectivity index (χ0v) is 8.99. The van der Waals surface area contributed by atoms with Crippen molar-refractivity contribution >= 4 is 0 Å². The van der Waals surface area contributed by atoms with E-state index in [1.807, 2.05) is 0 Å². The highest BCUT2D eigenvalue weighted by atomic mass is 19.4. The Morgan fingerprint density at radius 3 is 2.18 bits per heavy atom. The molecule has 0 N–H and O–H groups in total. The van der Waals surface area contributed by atoms with Gasteiger partial charge in [0.15, 0.2) is 0 Å². The molecule has 0 radical (unpaired) electrons. The van der Waals surface area contributed by atoms with Crippen molar-refractivity contribution in [3.05, 3.63) is 47.9 Å². The maximum Gasteiger partial charge on any atom is 0.416 e. The van der Waals surface area contributed by atoms with E-state index >= 15 is 0 Å². The molecule has 0 amide bonds. The minimum absolute atomic E-state index is 0.617. The van der Waals surface area contributed by atoms with Crippen LogP contribution in [0.5, 0.6) is 0 Å². The van der Waals surface area contributed by atoms with E-state index in [9.17, 15) is 13.2 Å². The summed E-state index contributed by atoms with van der Waals surface area (Å²) < 4.78 is 37.1. The minimum atomic E-state index is -4.31. The highest BCUT2D eigenvalue weighted by Crippen LogP contribution is 2.30. The van der Waals surface area contributed by atoms with E-state index < -0.39 is 11.7 Å². The molecule has 2 nitrogen and oxygen atoms in total. The molecule has 5 heteroatoms. The van der Waals surface area contributed by atoms with Crippen molar-refractivity contribution < 1.29 is 13.2 Å². The molecule has 0 saturated carbocycles. The van der Waals surface area contributed by atoms with Crippen molar-refractivity contribution in [2.75, 3.05) is 0 Å². The summed E-state index contributed by atoms with van der Waals surface area (Å²) in [6.45, 7) is 1.80. The van der Waals surface area contributed by atoms with Crippen molar-refractivity contribution in [3.63, 3.8) is 0 Å². The molecule has 2 rings (SSSR count). The van der Waals surface area contributed by atoms with Crippen LogP contribution in [0, 0.1) is 6.92 Å². The van der Waals surface area contributed by atoms with Crippen LogP contribution in [-0.2, 0) is 6.18 Å². The molecule has 1 aromatic carbocycles. The van der Waals surface area contributed by atoms with E-state index in [1.54, 1.807) is 13.0 Å². The number of halogens is 3. The highest BCUT2D eigenvalue weighted by molar-refractivity contribution is 5.59. The Balaban J connectivity index is 2.36. The summed E-state index contributed by atoms with van der Waals surface area (Å²) >= 11 is 0. The van der Waals surface area contributed by atoms with Gasteiger partial charge in [-0.25, -0.2) is 9.97 Å². The monoisotopic (exact) mass is 238 g/mol. The van der Waals surface area contributed by atoms with E-state index in [0.717, 1.165) is 17.8 Å². The molecule has 0 unspecified atom stereocenters. The zero-order chi connectivity index (χ0) is 12.5. The lowest BCUT2D eigenvalue weighted by Gasteiger charge is -2.07. The fourth-order valence-electron chi connectivity index (χ4n) is 1.44. The third-order valence-corrected chi connectivity index (χ3v) is 2.31. The zero-order valence-electron chi connectivity index (χ0n) is 8.99.